The van der Waals surface area contributed by atoms with Crippen molar-refractivity contribution in [2.45, 2.75) is 27.2 Å². The van der Waals surface area contributed by atoms with Crippen molar-refractivity contribution in [1.29, 1.82) is 0 Å². The van der Waals surface area contributed by atoms with E-state index in [4.69, 9.17) is 11.6 Å². The van der Waals surface area contributed by atoms with Crippen molar-refractivity contribution in [2.75, 3.05) is 24.5 Å². The lowest BCUT2D eigenvalue weighted by Gasteiger charge is -2.21. The van der Waals surface area contributed by atoms with Crippen LogP contribution in [0.3, 0.4) is 0 Å². The normalized spacial score (nSPS) is 19.2. The van der Waals surface area contributed by atoms with Gasteiger partial charge in [-0.1, -0.05) is 32.4 Å². The molecule has 1 unspecified atom stereocenters. The van der Waals surface area contributed by atoms with E-state index in [1.54, 1.807) is 0 Å². The van der Waals surface area contributed by atoms with Gasteiger partial charge in [0, 0.05) is 35.8 Å². The van der Waals surface area contributed by atoms with Gasteiger partial charge in [0.05, 0.1) is 0 Å². The Labute approximate surface area is 126 Å². The summed E-state index contributed by atoms with van der Waals surface area (Å²) < 4.78 is 0. The minimum absolute atomic E-state index is 0.127. The van der Waals surface area contributed by atoms with Crippen LogP contribution in [-0.4, -0.2) is 25.5 Å². The zero-order valence-corrected chi connectivity index (χ0v) is 13.2. The number of carbonyl (C=O) groups is 1. The Balaban J connectivity index is 1.84. The molecule has 1 amide bonds. The molecule has 0 saturated carbocycles. The van der Waals surface area contributed by atoms with Gasteiger partial charge in [0.15, 0.2) is 0 Å². The lowest BCUT2D eigenvalue weighted by atomic mass is 9.95. The van der Waals surface area contributed by atoms with Crippen LogP contribution in [0.25, 0.3) is 0 Å². The van der Waals surface area contributed by atoms with Gasteiger partial charge in [-0.15, -0.1) is 0 Å². The minimum Gasteiger partial charge on any atom is -0.371 e. The molecule has 1 atom stereocenters. The smallest absolute Gasteiger partial charge is 0.225 e. The molecule has 4 heteroatoms. The average Bonchev–Trinajstić information content (AvgIpc) is 2.84. The van der Waals surface area contributed by atoms with Crippen LogP contribution in [0.15, 0.2) is 24.3 Å². The monoisotopic (exact) mass is 294 g/mol. The van der Waals surface area contributed by atoms with E-state index >= 15 is 0 Å². The quantitative estimate of drug-likeness (QED) is 0.927. The molecule has 0 aromatic heterocycles. The van der Waals surface area contributed by atoms with Crippen molar-refractivity contribution in [3.05, 3.63) is 29.3 Å². The molecule has 1 aliphatic heterocycles. The first-order valence-electron chi connectivity index (χ1n) is 7.15. The molecule has 110 valence electrons. The topological polar surface area (TPSA) is 32.3 Å². The molecular formula is C16H23ClN2O. The van der Waals surface area contributed by atoms with Gasteiger partial charge in [-0.3, -0.25) is 4.79 Å². The van der Waals surface area contributed by atoms with Gasteiger partial charge in [-0.25, -0.2) is 0 Å². The second-order valence-electron chi connectivity index (χ2n) is 6.54. The number of hydrogen-bond donors (Lipinski definition) is 1. The van der Waals surface area contributed by atoms with E-state index in [2.05, 4.69) is 22.3 Å². The fourth-order valence-corrected chi connectivity index (χ4v) is 2.51. The number of amides is 1. The standard InChI is InChI=1S/C16H23ClN2O/c1-16(2,3)15(20)18-10-12-8-9-19(11-12)14-6-4-13(17)5-7-14/h4-7,12H,8-11H2,1-3H3,(H,18,20). The molecule has 1 aromatic carbocycles. The van der Waals surface area contributed by atoms with Crippen LogP contribution < -0.4 is 10.2 Å². The molecule has 0 radical (unpaired) electrons. The van der Waals surface area contributed by atoms with E-state index in [0.29, 0.717) is 5.92 Å². The summed E-state index contributed by atoms with van der Waals surface area (Å²) in [6.45, 7) is 8.62. The number of nitrogens with zero attached hydrogens (tertiary/aromatic N) is 1. The van der Waals surface area contributed by atoms with Crippen molar-refractivity contribution in [3.8, 4) is 0 Å². The Morgan fingerprint density at radius 3 is 2.60 bits per heavy atom. The summed E-state index contributed by atoms with van der Waals surface area (Å²) in [5.74, 6) is 0.652. The molecule has 3 nitrogen and oxygen atoms in total. The van der Waals surface area contributed by atoms with Crippen LogP contribution in [0.2, 0.25) is 5.02 Å². The van der Waals surface area contributed by atoms with Crippen LogP contribution in [0.1, 0.15) is 27.2 Å². The van der Waals surface area contributed by atoms with Crippen molar-refractivity contribution >= 4 is 23.2 Å². The van der Waals surface area contributed by atoms with Gasteiger partial charge in [0.25, 0.3) is 0 Å². The highest BCUT2D eigenvalue weighted by Crippen LogP contribution is 2.25. The first kappa shape index (κ1) is 15.2. The highest BCUT2D eigenvalue weighted by atomic mass is 35.5. The number of anilines is 1. The third kappa shape index (κ3) is 3.89. The predicted octanol–water partition coefficient (Wildman–Crippen LogP) is 3.33. The number of rotatable bonds is 3. The molecule has 1 saturated heterocycles. The van der Waals surface area contributed by atoms with E-state index in [9.17, 15) is 4.79 Å². The van der Waals surface area contributed by atoms with Crippen molar-refractivity contribution in [2.24, 2.45) is 11.3 Å². The highest BCUT2D eigenvalue weighted by molar-refractivity contribution is 6.30. The second kappa shape index (κ2) is 6.04. The van der Waals surface area contributed by atoms with E-state index < -0.39 is 0 Å². The zero-order valence-electron chi connectivity index (χ0n) is 12.4. The number of halogens is 1. The Hall–Kier alpha value is -1.22. The summed E-state index contributed by atoms with van der Waals surface area (Å²) in [5.41, 5.74) is 0.896. The average molecular weight is 295 g/mol. The molecule has 1 aliphatic rings. The summed E-state index contributed by atoms with van der Waals surface area (Å²) >= 11 is 5.91. The molecule has 1 fully saturated rings. The van der Waals surface area contributed by atoms with Crippen molar-refractivity contribution < 1.29 is 4.79 Å². The van der Waals surface area contributed by atoms with Crippen LogP contribution in [-0.2, 0) is 4.79 Å². The number of benzene rings is 1. The Bertz CT molecular complexity index is 464. The van der Waals surface area contributed by atoms with Gasteiger partial charge in [-0.2, -0.15) is 0 Å². The molecule has 1 heterocycles. The first-order chi connectivity index (χ1) is 9.36. The Morgan fingerprint density at radius 2 is 2.00 bits per heavy atom. The fraction of sp³-hybridized carbons (Fsp3) is 0.562. The number of hydrogen-bond acceptors (Lipinski definition) is 2. The maximum Gasteiger partial charge on any atom is 0.225 e. The summed E-state index contributed by atoms with van der Waals surface area (Å²) in [6.07, 6.45) is 1.12. The highest BCUT2D eigenvalue weighted by Gasteiger charge is 2.26. The molecule has 2 rings (SSSR count). The number of carbonyl (C=O) groups excluding carboxylic acids is 1. The largest absolute Gasteiger partial charge is 0.371 e. The van der Waals surface area contributed by atoms with E-state index in [0.717, 1.165) is 31.1 Å². The molecule has 0 aliphatic carbocycles. The summed E-state index contributed by atoms with van der Waals surface area (Å²) in [6, 6.07) is 7.95. The lowest BCUT2D eigenvalue weighted by molar-refractivity contribution is -0.128. The van der Waals surface area contributed by atoms with Gasteiger partial charge >= 0.3 is 0 Å². The van der Waals surface area contributed by atoms with Crippen molar-refractivity contribution in [3.63, 3.8) is 0 Å². The van der Waals surface area contributed by atoms with Gasteiger partial charge in [0.1, 0.15) is 0 Å². The molecule has 0 bridgehead atoms. The van der Waals surface area contributed by atoms with Gasteiger partial charge in [0.2, 0.25) is 5.91 Å². The maximum absolute atomic E-state index is 11.9. The van der Waals surface area contributed by atoms with Crippen LogP contribution in [0, 0.1) is 11.3 Å². The van der Waals surface area contributed by atoms with Gasteiger partial charge in [-0.05, 0) is 36.6 Å². The van der Waals surface area contributed by atoms with E-state index in [1.807, 2.05) is 32.9 Å². The zero-order chi connectivity index (χ0) is 14.8. The molecule has 20 heavy (non-hydrogen) atoms. The molecule has 1 aromatic rings. The van der Waals surface area contributed by atoms with E-state index in [-0.39, 0.29) is 11.3 Å². The minimum atomic E-state index is -0.311. The SMILES string of the molecule is CC(C)(C)C(=O)NCC1CCN(c2ccc(Cl)cc2)C1. The predicted molar refractivity (Wildman–Crippen MR) is 84.2 cm³/mol. The first-order valence-corrected chi connectivity index (χ1v) is 7.53. The summed E-state index contributed by atoms with van der Waals surface area (Å²) in [5, 5.41) is 3.82. The Morgan fingerprint density at radius 1 is 1.35 bits per heavy atom. The third-order valence-corrected chi connectivity index (χ3v) is 3.96. The lowest BCUT2D eigenvalue weighted by Crippen LogP contribution is -2.38. The van der Waals surface area contributed by atoms with Crippen LogP contribution >= 0.6 is 11.6 Å². The summed E-state index contributed by atoms with van der Waals surface area (Å²) in [4.78, 5) is 14.2. The van der Waals surface area contributed by atoms with Crippen molar-refractivity contribution in [1.82, 2.24) is 5.32 Å². The third-order valence-electron chi connectivity index (χ3n) is 3.71. The maximum atomic E-state index is 11.9. The van der Waals surface area contributed by atoms with E-state index in [1.165, 1.54) is 5.69 Å². The number of nitrogens with one attached hydrogen (secondary N) is 1. The Kier molecular flexibility index (Phi) is 4.59. The summed E-state index contributed by atoms with van der Waals surface area (Å²) in [7, 11) is 0. The van der Waals surface area contributed by atoms with Gasteiger partial charge < -0.3 is 10.2 Å². The molecule has 0 spiro atoms. The second-order valence-corrected chi connectivity index (χ2v) is 6.97. The fourth-order valence-electron chi connectivity index (χ4n) is 2.39. The van der Waals surface area contributed by atoms with Crippen LogP contribution in [0.5, 0.6) is 0 Å². The molecular weight excluding hydrogens is 272 g/mol. The van der Waals surface area contributed by atoms with Crippen LogP contribution in [0.4, 0.5) is 5.69 Å². The molecule has 1 N–H and O–H groups in total.